The van der Waals surface area contributed by atoms with Crippen LogP contribution in [0, 0.1) is 11.6 Å². The van der Waals surface area contributed by atoms with E-state index >= 15 is 0 Å². The number of hydrogen-bond acceptors (Lipinski definition) is 3. The molecule has 2 rings (SSSR count). The molecule has 6 heteroatoms. The van der Waals surface area contributed by atoms with Crippen molar-refractivity contribution in [3.63, 3.8) is 0 Å². The Bertz CT molecular complexity index is 457. The molecule has 1 aliphatic heterocycles. The first-order valence-electron chi connectivity index (χ1n) is 6.20. The molecule has 1 saturated heterocycles. The first kappa shape index (κ1) is 14.4. The van der Waals surface area contributed by atoms with Gasteiger partial charge >= 0.3 is 7.12 Å². The Kier molecular flexibility index (Phi) is 3.45. The monoisotopic (exact) mass is 269 g/mol. The van der Waals surface area contributed by atoms with E-state index in [1.807, 2.05) is 27.7 Å². The first-order chi connectivity index (χ1) is 8.62. The number of benzene rings is 1. The molecule has 1 heterocycles. The minimum Gasteiger partial charge on any atom is -0.402 e. The Labute approximate surface area is 112 Å². The zero-order valence-corrected chi connectivity index (χ0v) is 11.5. The lowest BCUT2D eigenvalue weighted by molar-refractivity contribution is 0.00578. The van der Waals surface area contributed by atoms with Crippen LogP contribution in [-0.2, 0) is 9.31 Å². The lowest BCUT2D eigenvalue weighted by Gasteiger charge is -2.32. The molecule has 0 bridgehead atoms. The molecule has 0 amide bonds. The molecule has 1 aromatic rings. The van der Waals surface area contributed by atoms with Crippen LogP contribution < -0.4 is 5.73 Å². The van der Waals surface area contributed by atoms with Gasteiger partial charge in [-0.3, -0.25) is 0 Å². The van der Waals surface area contributed by atoms with Gasteiger partial charge < -0.3 is 15.0 Å². The van der Waals surface area contributed by atoms with Crippen LogP contribution in [0.5, 0.6) is 0 Å². The van der Waals surface area contributed by atoms with Gasteiger partial charge in [-0.2, -0.15) is 0 Å². The van der Waals surface area contributed by atoms with Crippen LogP contribution in [0.1, 0.15) is 39.2 Å². The van der Waals surface area contributed by atoms with Gasteiger partial charge in [0.15, 0.2) is 0 Å². The lowest BCUT2D eigenvalue weighted by Crippen LogP contribution is -2.41. The van der Waals surface area contributed by atoms with E-state index in [4.69, 9.17) is 15.0 Å². The topological polar surface area (TPSA) is 44.5 Å². The molecule has 1 fully saturated rings. The normalized spacial score (nSPS) is 22.6. The third-order valence-corrected chi connectivity index (χ3v) is 3.83. The van der Waals surface area contributed by atoms with E-state index in [-0.39, 0.29) is 0 Å². The lowest BCUT2D eigenvalue weighted by atomic mass is 9.75. The van der Waals surface area contributed by atoms with E-state index in [9.17, 15) is 8.78 Å². The maximum atomic E-state index is 13.2. The maximum absolute atomic E-state index is 13.2. The largest absolute Gasteiger partial charge is 0.480 e. The molecule has 19 heavy (non-hydrogen) atoms. The average molecular weight is 269 g/mol. The zero-order valence-electron chi connectivity index (χ0n) is 11.5. The highest BCUT2D eigenvalue weighted by atomic mass is 19.1. The molecular weight excluding hydrogens is 251 g/mol. The highest BCUT2D eigenvalue weighted by Crippen LogP contribution is 2.39. The second-order valence-electron chi connectivity index (χ2n) is 5.85. The van der Waals surface area contributed by atoms with Gasteiger partial charge in [-0.15, -0.1) is 0 Å². The van der Waals surface area contributed by atoms with Crippen molar-refractivity contribution in [2.75, 3.05) is 0 Å². The molecule has 0 radical (unpaired) electrons. The molecule has 1 aromatic carbocycles. The van der Waals surface area contributed by atoms with Gasteiger partial charge in [0, 0.05) is 6.07 Å². The molecule has 0 aromatic heterocycles. The van der Waals surface area contributed by atoms with E-state index in [0.717, 1.165) is 6.07 Å². The minimum absolute atomic E-state index is 0.316. The van der Waals surface area contributed by atoms with Crippen molar-refractivity contribution in [3.05, 3.63) is 35.4 Å². The second-order valence-corrected chi connectivity index (χ2v) is 5.85. The average Bonchev–Trinajstić information content (AvgIpc) is 2.45. The van der Waals surface area contributed by atoms with Crippen LogP contribution in [0.25, 0.3) is 0 Å². The third kappa shape index (κ3) is 2.66. The fraction of sp³-hybridized carbons (Fsp3) is 0.538. The SMILES string of the molecule is CC1(C)OB([C@@H](N)c2cc(F)cc(F)c2)OC1(C)C. The third-order valence-electron chi connectivity index (χ3n) is 3.83. The summed E-state index contributed by atoms with van der Waals surface area (Å²) in [5, 5.41) is 0. The molecule has 3 nitrogen and oxygen atoms in total. The van der Waals surface area contributed by atoms with Gasteiger partial charge in [0.05, 0.1) is 17.1 Å². The summed E-state index contributed by atoms with van der Waals surface area (Å²) in [5.74, 6) is -2.07. The van der Waals surface area contributed by atoms with Crippen molar-refractivity contribution >= 4 is 7.12 Å². The summed E-state index contributed by atoms with van der Waals surface area (Å²) in [5.41, 5.74) is 5.26. The number of hydrogen-bond donors (Lipinski definition) is 1. The quantitative estimate of drug-likeness (QED) is 0.839. The molecule has 0 saturated carbocycles. The molecular formula is C13H18BF2NO2. The highest BCUT2D eigenvalue weighted by molar-refractivity contribution is 6.47. The Morgan fingerprint density at radius 1 is 1.00 bits per heavy atom. The summed E-state index contributed by atoms with van der Waals surface area (Å²) in [6.07, 6.45) is 0. The van der Waals surface area contributed by atoms with E-state index in [1.165, 1.54) is 12.1 Å². The van der Waals surface area contributed by atoms with Crippen molar-refractivity contribution in [1.82, 2.24) is 0 Å². The van der Waals surface area contributed by atoms with E-state index in [2.05, 4.69) is 0 Å². The Morgan fingerprint density at radius 3 is 1.84 bits per heavy atom. The highest BCUT2D eigenvalue weighted by Gasteiger charge is 2.53. The van der Waals surface area contributed by atoms with Gasteiger partial charge in [-0.05, 0) is 45.4 Å². The molecule has 1 aliphatic rings. The van der Waals surface area contributed by atoms with E-state index < -0.39 is 35.9 Å². The molecule has 1 atom stereocenters. The number of nitrogens with two attached hydrogens (primary N) is 1. The van der Waals surface area contributed by atoms with Crippen LogP contribution >= 0.6 is 0 Å². The molecule has 0 aliphatic carbocycles. The molecule has 2 N–H and O–H groups in total. The summed E-state index contributed by atoms with van der Waals surface area (Å²) < 4.78 is 37.9. The zero-order chi connectivity index (χ0) is 14.4. The van der Waals surface area contributed by atoms with Crippen molar-refractivity contribution in [2.24, 2.45) is 5.73 Å². The fourth-order valence-corrected chi connectivity index (χ4v) is 1.96. The van der Waals surface area contributed by atoms with Crippen LogP contribution in [0.2, 0.25) is 0 Å². The van der Waals surface area contributed by atoms with Crippen molar-refractivity contribution in [1.29, 1.82) is 0 Å². The number of rotatable bonds is 2. The Hall–Kier alpha value is -0.975. The van der Waals surface area contributed by atoms with Gasteiger partial charge in [-0.25, -0.2) is 8.78 Å². The molecule has 0 unspecified atom stereocenters. The smallest absolute Gasteiger partial charge is 0.402 e. The van der Waals surface area contributed by atoms with Gasteiger partial charge in [0.2, 0.25) is 0 Å². The van der Waals surface area contributed by atoms with Crippen LogP contribution in [0.15, 0.2) is 18.2 Å². The van der Waals surface area contributed by atoms with Crippen LogP contribution in [0.3, 0.4) is 0 Å². The first-order valence-corrected chi connectivity index (χ1v) is 6.20. The van der Waals surface area contributed by atoms with Crippen LogP contribution in [0.4, 0.5) is 8.78 Å². The summed E-state index contributed by atoms with van der Waals surface area (Å²) in [4.78, 5) is 0. The van der Waals surface area contributed by atoms with Gasteiger partial charge in [0.25, 0.3) is 0 Å². The predicted octanol–water partition coefficient (Wildman–Crippen LogP) is 2.60. The van der Waals surface area contributed by atoms with Gasteiger partial charge in [-0.1, -0.05) is 0 Å². The van der Waals surface area contributed by atoms with Gasteiger partial charge in [0.1, 0.15) is 11.6 Å². The van der Waals surface area contributed by atoms with Crippen molar-refractivity contribution in [2.45, 2.75) is 44.8 Å². The number of halogens is 2. The van der Waals surface area contributed by atoms with Crippen LogP contribution in [-0.4, -0.2) is 18.3 Å². The Balaban J connectivity index is 2.24. The summed E-state index contributed by atoms with van der Waals surface area (Å²) >= 11 is 0. The summed E-state index contributed by atoms with van der Waals surface area (Å²) in [6, 6.07) is 3.19. The summed E-state index contributed by atoms with van der Waals surface area (Å²) in [6.45, 7) is 7.58. The summed E-state index contributed by atoms with van der Waals surface area (Å²) in [7, 11) is -0.730. The van der Waals surface area contributed by atoms with Crippen molar-refractivity contribution in [3.8, 4) is 0 Å². The minimum atomic E-state index is -0.744. The predicted molar refractivity (Wildman–Crippen MR) is 69.4 cm³/mol. The standard InChI is InChI=1S/C13H18BF2NO2/c1-12(2)13(3,4)19-14(18-12)11(17)8-5-9(15)7-10(16)6-8/h5-7,11H,17H2,1-4H3/t11-/m0/s1. The van der Waals surface area contributed by atoms with Crippen molar-refractivity contribution < 1.29 is 18.1 Å². The van der Waals surface area contributed by atoms with E-state index in [0.29, 0.717) is 5.56 Å². The fourth-order valence-electron chi connectivity index (χ4n) is 1.96. The molecule has 104 valence electrons. The Morgan fingerprint density at radius 2 is 1.42 bits per heavy atom. The molecule has 0 spiro atoms. The maximum Gasteiger partial charge on any atom is 0.480 e. The van der Waals surface area contributed by atoms with E-state index in [1.54, 1.807) is 0 Å². The second kappa shape index (κ2) is 4.54.